The number of nitrogens with one attached hydrogen (secondary N) is 3. The van der Waals surface area contributed by atoms with Gasteiger partial charge in [-0.05, 0) is 55.5 Å². The third-order valence-electron chi connectivity index (χ3n) is 3.02. The van der Waals surface area contributed by atoms with Crippen molar-refractivity contribution in [1.29, 1.82) is 0 Å². The molecule has 0 saturated carbocycles. The summed E-state index contributed by atoms with van der Waals surface area (Å²) < 4.78 is 4.88. The van der Waals surface area contributed by atoms with Crippen molar-refractivity contribution in [2.45, 2.75) is 6.92 Å². The molecule has 0 aromatic heterocycles. The minimum Gasteiger partial charge on any atom is -0.462 e. The van der Waals surface area contributed by atoms with Gasteiger partial charge < -0.3 is 10.1 Å². The molecule has 0 heterocycles. The van der Waals surface area contributed by atoms with Gasteiger partial charge in [-0.25, -0.2) is 9.59 Å². The number of anilines is 2. The third kappa shape index (κ3) is 4.84. The summed E-state index contributed by atoms with van der Waals surface area (Å²) in [5.41, 5.74) is 7.29. The Balaban J connectivity index is 1.85. The molecule has 3 N–H and O–H groups in total. The van der Waals surface area contributed by atoms with Gasteiger partial charge in [-0.3, -0.25) is 15.6 Å². The number of carbonyl (C=O) groups excluding carboxylic acids is 3. The molecule has 0 aliphatic heterocycles. The van der Waals surface area contributed by atoms with Crippen LogP contribution in [0.4, 0.5) is 16.2 Å². The van der Waals surface area contributed by atoms with Crippen LogP contribution in [-0.2, 0) is 4.74 Å². The van der Waals surface area contributed by atoms with Crippen LogP contribution >= 0.6 is 0 Å². The monoisotopic (exact) mass is 327 g/mol. The Morgan fingerprint density at radius 2 is 1.62 bits per heavy atom. The van der Waals surface area contributed by atoms with Gasteiger partial charge in [-0.1, -0.05) is 0 Å². The summed E-state index contributed by atoms with van der Waals surface area (Å²) in [6.07, 6.45) is 0.740. The number of hydrogen-bond acceptors (Lipinski definition) is 5. The Hall–Kier alpha value is -3.35. The van der Waals surface area contributed by atoms with Crippen LogP contribution in [0.5, 0.6) is 0 Å². The summed E-state index contributed by atoms with van der Waals surface area (Å²) >= 11 is 0. The van der Waals surface area contributed by atoms with Crippen LogP contribution in [0.3, 0.4) is 0 Å². The first-order valence-electron chi connectivity index (χ1n) is 7.28. The maximum absolute atomic E-state index is 11.8. The molecule has 7 heteroatoms. The number of benzene rings is 2. The molecule has 0 bridgehead atoms. The minimum atomic E-state index is -0.474. The number of hydrazine groups is 1. The number of hydrogen-bond donors (Lipinski definition) is 3. The number of amides is 2. The fourth-order valence-corrected chi connectivity index (χ4v) is 1.84. The average Bonchev–Trinajstić information content (AvgIpc) is 2.61. The summed E-state index contributed by atoms with van der Waals surface area (Å²) in [4.78, 5) is 33.9. The highest BCUT2D eigenvalue weighted by Gasteiger charge is 2.07. The molecule has 0 fully saturated rings. The minimum absolute atomic E-state index is 0.306. The van der Waals surface area contributed by atoms with Gasteiger partial charge in [0.05, 0.1) is 17.9 Å². The number of ether oxygens (including phenoxy) is 1. The first-order valence-corrected chi connectivity index (χ1v) is 7.28. The van der Waals surface area contributed by atoms with E-state index in [-0.39, 0.29) is 0 Å². The Kier molecular flexibility index (Phi) is 5.90. The van der Waals surface area contributed by atoms with E-state index in [1.807, 2.05) is 0 Å². The Morgan fingerprint density at radius 3 is 2.21 bits per heavy atom. The zero-order chi connectivity index (χ0) is 17.4. The van der Waals surface area contributed by atoms with Gasteiger partial charge in [-0.15, -0.1) is 0 Å². The van der Waals surface area contributed by atoms with Crippen molar-refractivity contribution < 1.29 is 19.1 Å². The molecule has 0 atom stereocenters. The van der Waals surface area contributed by atoms with Crippen LogP contribution in [0.2, 0.25) is 0 Å². The summed E-state index contributed by atoms with van der Waals surface area (Å²) in [6, 6.07) is 12.5. The lowest BCUT2D eigenvalue weighted by Crippen LogP contribution is -2.33. The van der Waals surface area contributed by atoms with Crippen molar-refractivity contribution in [3.05, 3.63) is 59.7 Å². The van der Waals surface area contributed by atoms with E-state index in [4.69, 9.17) is 4.74 Å². The van der Waals surface area contributed by atoms with Crippen LogP contribution in [0.25, 0.3) is 0 Å². The van der Waals surface area contributed by atoms with Gasteiger partial charge in [0.25, 0.3) is 0 Å². The Labute approximate surface area is 139 Å². The second kappa shape index (κ2) is 8.33. The first-order chi connectivity index (χ1) is 11.6. The van der Waals surface area contributed by atoms with Crippen LogP contribution in [0.15, 0.2) is 48.5 Å². The van der Waals surface area contributed by atoms with Crippen molar-refractivity contribution in [2.24, 2.45) is 0 Å². The number of carbonyl (C=O) groups is 3. The zero-order valence-electron chi connectivity index (χ0n) is 13.0. The van der Waals surface area contributed by atoms with Gasteiger partial charge in [-0.2, -0.15) is 0 Å². The van der Waals surface area contributed by atoms with Crippen molar-refractivity contribution in [1.82, 2.24) is 5.43 Å². The maximum Gasteiger partial charge on any atom is 0.338 e. The molecule has 0 radical (unpaired) electrons. The predicted octanol–water partition coefficient (Wildman–Crippen LogP) is 2.82. The molecule has 2 aromatic rings. The molecule has 2 rings (SSSR count). The molecule has 2 amide bonds. The van der Waals surface area contributed by atoms with Crippen molar-refractivity contribution >= 4 is 29.7 Å². The SMILES string of the molecule is CCOC(=O)c1ccc(NC(=O)NNc2ccc(C=O)cc2)cc1. The second-order valence-electron chi connectivity index (χ2n) is 4.74. The molecule has 0 saturated heterocycles. The van der Waals surface area contributed by atoms with E-state index in [2.05, 4.69) is 16.2 Å². The quantitative estimate of drug-likeness (QED) is 0.431. The van der Waals surface area contributed by atoms with E-state index in [1.54, 1.807) is 55.5 Å². The van der Waals surface area contributed by atoms with E-state index in [1.165, 1.54) is 0 Å². The fourth-order valence-electron chi connectivity index (χ4n) is 1.84. The highest BCUT2D eigenvalue weighted by Crippen LogP contribution is 2.11. The molecule has 124 valence electrons. The Bertz CT molecular complexity index is 712. The van der Waals surface area contributed by atoms with Crippen LogP contribution in [0, 0.1) is 0 Å². The van der Waals surface area contributed by atoms with Gasteiger partial charge in [0.1, 0.15) is 6.29 Å². The van der Waals surface area contributed by atoms with Gasteiger partial charge in [0, 0.05) is 11.3 Å². The first kappa shape index (κ1) is 17.0. The molecule has 24 heavy (non-hydrogen) atoms. The summed E-state index contributed by atoms with van der Waals surface area (Å²) in [7, 11) is 0. The van der Waals surface area contributed by atoms with Crippen LogP contribution < -0.4 is 16.2 Å². The standard InChI is InChI=1S/C17H17N3O4/c1-2-24-16(22)13-5-9-14(10-6-13)18-17(23)20-19-15-7-3-12(11-21)4-8-15/h3-11,19H,2H2,1H3,(H2,18,20,23). The highest BCUT2D eigenvalue weighted by atomic mass is 16.5. The van der Waals surface area contributed by atoms with E-state index >= 15 is 0 Å². The lowest BCUT2D eigenvalue weighted by Gasteiger charge is -2.10. The highest BCUT2D eigenvalue weighted by molar-refractivity contribution is 5.92. The summed E-state index contributed by atoms with van der Waals surface area (Å²) in [6.45, 7) is 2.04. The topological polar surface area (TPSA) is 96.5 Å². The zero-order valence-corrected chi connectivity index (χ0v) is 13.0. The maximum atomic E-state index is 11.8. The number of aldehydes is 1. The third-order valence-corrected chi connectivity index (χ3v) is 3.02. The molecule has 0 unspecified atom stereocenters. The smallest absolute Gasteiger partial charge is 0.338 e. The molecule has 7 nitrogen and oxygen atoms in total. The number of esters is 1. The molecular weight excluding hydrogens is 310 g/mol. The average molecular weight is 327 g/mol. The van der Waals surface area contributed by atoms with E-state index in [0.717, 1.165) is 6.29 Å². The summed E-state index contributed by atoms with van der Waals surface area (Å²) in [5.74, 6) is -0.408. The van der Waals surface area contributed by atoms with Crippen molar-refractivity contribution in [3.63, 3.8) is 0 Å². The predicted molar refractivity (Wildman–Crippen MR) is 90.0 cm³/mol. The van der Waals surface area contributed by atoms with E-state index < -0.39 is 12.0 Å². The van der Waals surface area contributed by atoms with E-state index in [0.29, 0.717) is 29.1 Å². The fraction of sp³-hybridized carbons (Fsp3) is 0.118. The molecule has 0 spiro atoms. The second-order valence-corrected chi connectivity index (χ2v) is 4.74. The molecule has 0 aliphatic carbocycles. The van der Waals surface area contributed by atoms with Crippen molar-refractivity contribution in [3.8, 4) is 0 Å². The van der Waals surface area contributed by atoms with E-state index in [9.17, 15) is 14.4 Å². The van der Waals surface area contributed by atoms with Gasteiger partial charge >= 0.3 is 12.0 Å². The van der Waals surface area contributed by atoms with Gasteiger partial charge in [0.15, 0.2) is 0 Å². The molecular formula is C17H17N3O4. The molecule has 2 aromatic carbocycles. The van der Waals surface area contributed by atoms with Crippen LogP contribution in [-0.4, -0.2) is 24.9 Å². The Morgan fingerprint density at radius 1 is 1.00 bits per heavy atom. The number of rotatable bonds is 6. The lowest BCUT2D eigenvalue weighted by molar-refractivity contribution is 0.0526. The van der Waals surface area contributed by atoms with Crippen LogP contribution in [0.1, 0.15) is 27.6 Å². The molecule has 0 aliphatic rings. The lowest BCUT2D eigenvalue weighted by atomic mass is 10.2. The summed E-state index contributed by atoms with van der Waals surface area (Å²) in [5, 5.41) is 2.61. The number of urea groups is 1. The normalized spacial score (nSPS) is 9.71. The van der Waals surface area contributed by atoms with Crippen molar-refractivity contribution in [2.75, 3.05) is 17.3 Å². The van der Waals surface area contributed by atoms with Gasteiger partial charge in [0.2, 0.25) is 0 Å². The largest absolute Gasteiger partial charge is 0.462 e.